The first-order valence-corrected chi connectivity index (χ1v) is 8.78. The molecule has 1 spiro atoms. The van der Waals surface area contributed by atoms with Crippen LogP contribution in [0.4, 0.5) is 5.82 Å². The molecule has 0 bridgehead atoms. The fourth-order valence-corrected chi connectivity index (χ4v) is 3.64. The summed E-state index contributed by atoms with van der Waals surface area (Å²) in [7, 11) is 5.88. The number of guanidine groups is 1. The average Bonchev–Trinajstić information content (AvgIpc) is 2.99. The van der Waals surface area contributed by atoms with Crippen LogP contribution in [-0.4, -0.2) is 63.3 Å². The van der Waals surface area contributed by atoms with E-state index in [2.05, 4.69) is 32.3 Å². The third kappa shape index (κ3) is 4.97. The van der Waals surface area contributed by atoms with Gasteiger partial charge in [0.1, 0.15) is 5.82 Å². The molecule has 25 heavy (non-hydrogen) atoms. The monoisotopic (exact) mass is 459 g/mol. The molecule has 2 saturated heterocycles. The van der Waals surface area contributed by atoms with Crippen molar-refractivity contribution in [3.8, 4) is 0 Å². The van der Waals surface area contributed by atoms with Crippen LogP contribution in [0, 0.1) is 5.41 Å². The Morgan fingerprint density at radius 1 is 1.32 bits per heavy atom. The number of aromatic nitrogens is 1. The fraction of sp³-hybridized carbons (Fsp3) is 0.667. The van der Waals surface area contributed by atoms with E-state index in [9.17, 15) is 0 Å². The smallest absolute Gasteiger partial charge is 0.193 e. The van der Waals surface area contributed by atoms with Crippen LogP contribution < -0.4 is 10.2 Å². The predicted octanol–water partition coefficient (Wildman–Crippen LogP) is 2.34. The second-order valence-electron chi connectivity index (χ2n) is 7.07. The summed E-state index contributed by atoms with van der Waals surface area (Å²) in [4.78, 5) is 13.6. The second kappa shape index (κ2) is 9.02. The molecule has 0 unspecified atom stereocenters. The molecule has 140 valence electrons. The topological polar surface area (TPSA) is 53.0 Å². The van der Waals surface area contributed by atoms with E-state index in [-0.39, 0.29) is 24.0 Å². The standard InChI is InChI=1S/C18H29N5O.HI/c1-19-17(20-13-15-5-4-6-16(21-15)22(2)3)23-10-7-18(14-23)8-11-24-12-9-18;/h4-6H,7-14H2,1-3H3,(H,19,20);1H. The third-order valence-electron chi connectivity index (χ3n) is 5.18. The lowest BCUT2D eigenvalue weighted by molar-refractivity contribution is 0.0217. The molecule has 0 amide bonds. The second-order valence-corrected chi connectivity index (χ2v) is 7.07. The van der Waals surface area contributed by atoms with Crippen LogP contribution >= 0.6 is 24.0 Å². The Balaban J connectivity index is 0.00000225. The van der Waals surface area contributed by atoms with Gasteiger partial charge in [-0.25, -0.2) is 4.98 Å². The molecule has 2 aliphatic heterocycles. The number of aliphatic imine (C=N–C) groups is 1. The van der Waals surface area contributed by atoms with Crippen LogP contribution in [0.25, 0.3) is 0 Å². The van der Waals surface area contributed by atoms with Gasteiger partial charge in [-0.15, -0.1) is 24.0 Å². The lowest BCUT2D eigenvalue weighted by Crippen LogP contribution is -2.42. The van der Waals surface area contributed by atoms with Crippen molar-refractivity contribution < 1.29 is 4.74 Å². The number of halogens is 1. The zero-order valence-corrected chi connectivity index (χ0v) is 17.8. The molecule has 3 rings (SSSR count). The van der Waals surface area contributed by atoms with E-state index < -0.39 is 0 Å². The number of nitrogens with zero attached hydrogens (tertiary/aromatic N) is 4. The molecule has 0 atom stereocenters. The first kappa shape index (κ1) is 20.2. The lowest BCUT2D eigenvalue weighted by Gasteiger charge is -2.33. The largest absolute Gasteiger partial charge is 0.381 e. The molecule has 0 aromatic carbocycles. The molecular weight excluding hydrogens is 429 g/mol. The van der Waals surface area contributed by atoms with E-state index in [1.165, 1.54) is 19.3 Å². The highest BCUT2D eigenvalue weighted by molar-refractivity contribution is 14.0. The first-order chi connectivity index (χ1) is 11.6. The van der Waals surface area contributed by atoms with Crippen molar-refractivity contribution in [2.45, 2.75) is 25.8 Å². The highest BCUT2D eigenvalue weighted by Gasteiger charge is 2.40. The van der Waals surface area contributed by atoms with Gasteiger partial charge in [-0.1, -0.05) is 6.07 Å². The van der Waals surface area contributed by atoms with Crippen molar-refractivity contribution in [3.05, 3.63) is 23.9 Å². The van der Waals surface area contributed by atoms with Gasteiger partial charge in [0, 0.05) is 47.4 Å². The Labute approximate surface area is 168 Å². The maximum Gasteiger partial charge on any atom is 0.193 e. The van der Waals surface area contributed by atoms with Crippen molar-refractivity contribution in [2.24, 2.45) is 10.4 Å². The molecule has 2 fully saturated rings. The van der Waals surface area contributed by atoms with Gasteiger partial charge in [0.25, 0.3) is 0 Å². The van der Waals surface area contributed by atoms with Crippen molar-refractivity contribution in [3.63, 3.8) is 0 Å². The summed E-state index contributed by atoms with van der Waals surface area (Å²) in [6.07, 6.45) is 3.59. The van der Waals surface area contributed by atoms with Crippen molar-refractivity contribution >= 4 is 35.8 Å². The molecule has 0 radical (unpaired) electrons. The van der Waals surface area contributed by atoms with E-state index in [4.69, 9.17) is 4.74 Å². The Kier molecular flexibility index (Phi) is 7.30. The van der Waals surface area contributed by atoms with Crippen LogP contribution in [0.3, 0.4) is 0 Å². The first-order valence-electron chi connectivity index (χ1n) is 8.78. The normalized spacial score (nSPS) is 19.6. The molecule has 1 N–H and O–H groups in total. The molecule has 3 heterocycles. The minimum absolute atomic E-state index is 0. The Hall–Kier alpha value is -1.09. The highest BCUT2D eigenvalue weighted by Crippen LogP contribution is 2.39. The van der Waals surface area contributed by atoms with Gasteiger partial charge in [-0.05, 0) is 36.8 Å². The molecule has 0 aliphatic carbocycles. The molecular formula is C18H30IN5O. The highest BCUT2D eigenvalue weighted by atomic mass is 127. The van der Waals surface area contributed by atoms with Gasteiger partial charge in [0.15, 0.2) is 5.96 Å². The summed E-state index contributed by atoms with van der Waals surface area (Å²) in [5.41, 5.74) is 1.46. The molecule has 1 aromatic rings. The SMILES string of the molecule is CN=C(NCc1cccc(N(C)C)n1)N1CCC2(CCOCC2)C1.I. The number of likely N-dealkylation sites (tertiary alicyclic amines) is 1. The van der Waals surface area contributed by atoms with E-state index >= 15 is 0 Å². The van der Waals surface area contributed by atoms with Gasteiger partial charge in [0.2, 0.25) is 0 Å². The number of hydrogen-bond donors (Lipinski definition) is 1. The van der Waals surface area contributed by atoms with Crippen molar-refractivity contribution in [1.82, 2.24) is 15.2 Å². The molecule has 6 nitrogen and oxygen atoms in total. The molecule has 1 aromatic heterocycles. The van der Waals surface area contributed by atoms with Crippen LogP contribution in [-0.2, 0) is 11.3 Å². The average molecular weight is 459 g/mol. The summed E-state index contributed by atoms with van der Waals surface area (Å²) < 4.78 is 5.54. The van der Waals surface area contributed by atoms with Crippen LogP contribution in [0.5, 0.6) is 0 Å². The summed E-state index contributed by atoms with van der Waals surface area (Å²) in [6.45, 7) is 4.66. The molecule has 7 heteroatoms. The van der Waals surface area contributed by atoms with Gasteiger partial charge in [0.05, 0.1) is 12.2 Å². The van der Waals surface area contributed by atoms with Gasteiger partial charge >= 0.3 is 0 Å². The maximum absolute atomic E-state index is 5.54. The Morgan fingerprint density at radius 3 is 2.76 bits per heavy atom. The van der Waals surface area contributed by atoms with Gasteiger partial charge < -0.3 is 19.9 Å². The quantitative estimate of drug-likeness (QED) is 0.428. The minimum atomic E-state index is 0. The van der Waals surface area contributed by atoms with Crippen LogP contribution in [0.15, 0.2) is 23.2 Å². The summed E-state index contributed by atoms with van der Waals surface area (Å²) in [5.74, 6) is 1.96. The van der Waals surface area contributed by atoms with E-state index in [0.29, 0.717) is 12.0 Å². The van der Waals surface area contributed by atoms with Crippen molar-refractivity contribution in [2.75, 3.05) is 52.3 Å². The minimum Gasteiger partial charge on any atom is -0.381 e. The summed E-state index contributed by atoms with van der Waals surface area (Å²) in [5, 5.41) is 3.48. The van der Waals surface area contributed by atoms with Crippen LogP contribution in [0.1, 0.15) is 25.0 Å². The molecule has 0 saturated carbocycles. The fourth-order valence-electron chi connectivity index (χ4n) is 3.64. The summed E-state index contributed by atoms with van der Waals surface area (Å²) in [6, 6.07) is 6.12. The Bertz CT molecular complexity index is 587. The van der Waals surface area contributed by atoms with Gasteiger partial charge in [-0.2, -0.15) is 0 Å². The number of rotatable bonds is 3. The van der Waals surface area contributed by atoms with E-state index in [1.54, 1.807) is 0 Å². The number of pyridine rings is 1. The lowest BCUT2D eigenvalue weighted by atomic mass is 9.80. The zero-order valence-electron chi connectivity index (χ0n) is 15.5. The van der Waals surface area contributed by atoms with E-state index in [0.717, 1.165) is 43.8 Å². The van der Waals surface area contributed by atoms with Gasteiger partial charge in [-0.3, -0.25) is 4.99 Å². The zero-order chi connectivity index (χ0) is 17.0. The van der Waals surface area contributed by atoms with Crippen molar-refractivity contribution in [1.29, 1.82) is 0 Å². The predicted molar refractivity (Wildman–Crippen MR) is 113 cm³/mol. The van der Waals surface area contributed by atoms with E-state index in [1.807, 2.05) is 32.1 Å². The Morgan fingerprint density at radius 2 is 2.08 bits per heavy atom. The molecule has 2 aliphatic rings. The number of anilines is 1. The third-order valence-corrected chi connectivity index (χ3v) is 5.18. The maximum atomic E-state index is 5.54. The summed E-state index contributed by atoms with van der Waals surface area (Å²) >= 11 is 0. The number of nitrogens with one attached hydrogen (secondary N) is 1. The number of hydrogen-bond acceptors (Lipinski definition) is 4. The number of ether oxygens (including phenoxy) is 1. The van der Waals surface area contributed by atoms with Crippen LogP contribution in [0.2, 0.25) is 0 Å².